The van der Waals surface area contributed by atoms with Crippen molar-refractivity contribution in [2.75, 3.05) is 6.61 Å². The molecule has 0 aromatic heterocycles. The summed E-state index contributed by atoms with van der Waals surface area (Å²) in [4.78, 5) is 26.1. The van der Waals surface area contributed by atoms with Crippen LogP contribution in [0, 0.1) is 39.4 Å². The number of carbonyl (C=O) groups excluding carboxylic acids is 2. The third kappa shape index (κ3) is 3.31. The van der Waals surface area contributed by atoms with Crippen LogP contribution < -0.4 is 4.74 Å². The summed E-state index contributed by atoms with van der Waals surface area (Å²) in [5.74, 6) is 0.742. The number of cyclic esters (lactones) is 1. The molecule has 1 aromatic carbocycles. The first-order chi connectivity index (χ1) is 15.5. The molecule has 1 aliphatic heterocycles. The first-order valence-electron chi connectivity index (χ1n) is 12.3. The van der Waals surface area contributed by atoms with Crippen LogP contribution in [0.3, 0.4) is 0 Å². The molecule has 3 fully saturated rings. The van der Waals surface area contributed by atoms with Crippen LogP contribution >= 0.6 is 11.6 Å². The van der Waals surface area contributed by atoms with Crippen molar-refractivity contribution in [1.29, 1.82) is 0 Å². The molecule has 1 unspecified atom stereocenters. The molecule has 1 spiro atoms. The minimum Gasteiger partial charge on any atom is -0.465 e. The Morgan fingerprint density at radius 3 is 2.45 bits per heavy atom. The molecule has 33 heavy (non-hydrogen) atoms. The standard InChI is InChI=1S/C28H35ClO4/c1-25(2)13-5-14-26(3)21(25)12-15-27(4)22(26)11-10-20(28(27)16-23(30)32-17-28)24(31)33-19-8-6-18(29)7-9-19/h5-9,13,20-22H,10-12,14-17H2,1-4H3/t20-,21?,22-,26+,27-,28+/m1/s1. The fourth-order valence-corrected chi connectivity index (χ4v) is 8.73. The lowest BCUT2D eigenvalue weighted by molar-refractivity contribution is -0.203. The van der Waals surface area contributed by atoms with Crippen LogP contribution in [0.25, 0.3) is 0 Å². The van der Waals surface area contributed by atoms with E-state index in [1.54, 1.807) is 24.3 Å². The molecule has 1 heterocycles. The highest BCUT2D eigenvalue weighted by Crippen LogP contribution is 2.72. The van der Waals surface area contributed by atoms with Gasteiger partial charge in [0.2, 0.25) is 0 Å². The second-order valence-electron chi connectivity index (χ2n) is 12.0. The Bertz CT molecular complexity index is 998. The summed E-state index contributed by atoms with van der Waals surface area (Å²) in [5, 5.41) is 0.600. The first kappa shape index (κ1) is 23.0. The van der Waals surface area contributed by atoms with Crippen LogP contribution in [-0.4, -0.2) is 18.5 Å². The normalized spacial score (nSPS) is 41.2. The summed E-state index contributed by atoms with van der Waals surface area (Å²) in [6.45, 7) is 9.85. The van der Waals surface area contributed by atoms with Gasteiger partial charge in [-0.2, -0.15) is 0 Å². The molecular weight excluding hydrogens is 436 g/mol. The van der Waals surface area contributed by atoms with Crippen molar-refractivity contribution in [3.63, 3.8) is 0 Å². The summed E-state index contributed by atoms with van der Waals surface area (Å²) < 4.78 is 11.5. The number of benzene rings is 1. The highest BCUT2D eigenvalue weighted by molar-refractivity contribution is 6.30. The molecule has 4 aliphatic rings. The first-order valence-corrected chi connectivity index (χ1v) is 12.7. The minimum atomic E-state index is -0.518. The van der Waals surface area contributed by atoms with Crippen molar-refractivity contribution in [2.24, 2.45) is 39.4 Å². The van der Waals surface area contributed by atoms with E-state index in [0.717, 1.165) is 32.1 Å². The van der Waals surface area contributed by atoms with Gasteiger partial charge in [0.05, 0.1) is 18.9 Å². The number of rotatable bonds is 2. The minimum absolute atomic E-state index is 0.148. The number of ether oxygens (including phenoxy) is 2. The molecule has 3 aliphatic carbocycles. The van der Waals surface area contributed by atoms with Crippen molar-refractivity contribution in [3.05, 3.63) is 41.4 Å². The molecule has 1 aromatic rings. The zero-order chi connectivity index (χ0) is 23.6. The lowest BCUT2D eigenvalue weighted by Crippen LogP contribution is -2.64. The number of halogens is 1. The molecule has 5 rings (SSSR count). The summed E-state index contributed by atoms with van der Waals surface area (Å²) in [6.07, 6.45) is 9.96. The second kappa shape index (κ2) is 7.60. The van der Waals surface area contributed by atoms with Gasteiger partial charge in [-0.1, -0.05) is 51.4 Å². The Balaban J connectivity index is 1.52. The third-order valence-corrected chi connectivity index (χ3v) is 10.4. The zero-order valence-electron chi connectivity index (χ0n) is 20.2. The molecule has 5 heteroatoms. The van der Waals surface area contributed by atoms with E-state index in [2.05, 4.69) is 39.8 Å². The van der Waals surface area contributed by atoms with Gasteiger partial charge in [0.25, 0.3) is 0 Å². The third-order valence-electron chi connectivity index (χ3n) is 10.1. The number of hydrogen-bond donors (Lipinski definition) is 0. The van der Waals surface area contributed by atoms with Crippen LogP contribution in [-0.2, 0) is 14.3 Å². The van der Waals surface area contributed by atoms with E-state index in [1.807, 2.05) is 0 Å². The summed E-state index contributed by atoms with van der Waals surface area (Å²) in [6, 6.07) is 6.89. The van der Waals surface area contributed by atoms with Crippen molar-refractivity contribution in [1.82, 2.24) is 0 Å². The van der Waals surface area contributed by atoms with Gasteiger partial charge in [-0.05, 0) is 84.5 Å². The fraction of sp³-hybridized carbons (Fsp3) is 0.643. The van der Waals surface area contributed by atoms with Crippen molar-refractivity contribution < 1.29 is 19.1 Å². The average molecular weight is 471 g/mol. The van der Waals surface area contributed by atoms with Gasteiger partial charge in [0.15, 0.2) is 0 Å². The average Bonchev–Trinajstić information content (AvgIpc) is 3.13. The van der Waals surface area contributed by atoms with Gasteiger partial charge < -0.3 is 9.47 Å². The molecule has 0 radical (unpaired) electrons. The highest BCUT2D eigenvalue weighted by atomic mass is 35.5. The van der Waals surface area contributed by atoms with E-state index < -0.39 is 5.41 Å². The van der Waals surface area contributed by atoms with Gasteiger partial charge in [-0.25, -0.2) is 0 Å². The predicted molar refractivity (Wildman–Crippen MR) is 128 cm³/mol. The molecule has 2 saturated carbocycles. The van der Waals surface area contributed by atoms with Gasteiger partial charge in [0.1, 0.15) is 5.75 Å². The monoisotopic (exact) mass is 470 g/mol. The number of carbonyl (C=O) groups is 2. The Morgan fingerprint density at radius 2 is 1.79 bits per heavy atom. The number of esters is 2. The van der Waals surface area contributed by atoms with E-state index >= 15 is 0 Å². The van der Waals surface area contributed by atoms with E-state index in [-0.39, 0.29) is 34.1 Å². The predicted octanol–water partition coefficient (Wildman–Crippen LogP) is 6.61. The maximum atomic E-state index is 13.6. The van der Waals surface area contributed by atoms with Gasteiger partial charge in [-0.3, -0.25) is 9.59 Å². The lowest BCUT2D eigenvalue weighted by atomic mass is 9.36. The summed E-state index contributed by atoms with van der Waals surface area (Å²) >= 11 is 6.00. The smallest absolute Gasteiger partial charge is 0.315 e. The van der Waals surface area contributed by atoms with Crippen LogP contribution in [0.1, 0.15) is 66.2 Å². The molecule has 4 nitrogen and oxygen atoms in total. The maximum Gasteiger partial charge on any atom is 0.315 e. The quantitative estimate of drug-likeness (QED) is 0.277. The summed E-state index contributed by atoms with van der Waals surface area (Å²) in [5.41, 5.74) is -0.369. The van der Waals surface area contributed by atoms with E-state index in [1.165, 1.54) is 0 Å². The lowest BCUT2D eigenvalue weighted by Gasteiger charge is -2.67. The van der Waals surface area contributed by atoms with Gasteiger partial charge >= 0.3 is 11.9 Å². The molecule has 0 amide bonds. The second-order valence-corrected chi connectivity index (χ2v) is 12.4. The largest absolute Gasteiger partial charge is 0.465 e. The van der Waals surface area contributed by atoms with E-state index in [4.69, 9.17) is 21.1 Å². The Morgan fingerprint density at radius 1 is 1.06 bits per heavy atom. The highest BCUT2D eigenvalue weighted by Gasteiger charge is 2.70. The molecule has 178 valence electrons. The van der Waals surface area contributed by atoms with Crippen LogP contribution in [0.5, 0.6) is 5.75 Å². The van der Waals surface area contributed by atoms with Crippen molar-refractivity contribution in [2.45, 2.75) is 66.2 Å². The van der Waals surface area contributed by atoms with Crippen molar-refractivity contribution >= 4 is 23.5 Å². The molecule has 6 atom stereocenters. The van der Waals surface area contributed by atoms with E-state index in [9.17, 15) is 9.59 Å². The topological polar surface area (TPSA) is 52.6 Å². The van der Waals surface area contributed by atoms with Crippen LogP contribution in [0.15, 0.2) is 36.4 Å². The fourth-order valence-electron chi connectivity index (χ4n) is 8.60. The zero-order valence-corrected chi connectivity index (χ0v) is 20.9. The molecule has 0 N–H and O–H groups in total. The molecule has 1 saturated heterocycles. The molecule has 0 bridgehead atoms. The Labute approximate surface area is 202 Å². The molecular formula is C28H35ClO4. The van der Waals surface area contributed by atoms with Gasteiger partial charge in [0, 0.05) is 10.4 Å². The van der Waals surface area contributed by atoms with Crippen molar-refractivity contribution in [3.8, 4) is 5.75 Å². The van der Waals surface area contributed by atoms with Crippen LogP contribution in [0.2, 0.25) is 5.02 Å². The summed E-state index contributed by atoms with van der Waals surface area (Å²) in [7, 11) is 0. The number of hydrogen-bond acceptors (Lipinski definition) is 4. The maximum absolute atomic E-state index is 13.6. The Hall–Kier alpha value is -1.81. The van der Waals surface area contributed by atoms with Crippen LogP contribution in [0.4, 0.5) is 0 Å². The number of allylic oxidation sites excluding steroid dienone is 2. The van der Waals surface area contributed by atoms with E-state index in [0.29, 0.717) is 35.6 Å². The SMILES string of the molecule is CC1(C)C=CC[C@@]2(C)C1CC[C@]1(C)[C@@H]2CC[C@H](C(=O)Oc2ccc(Cl)cc2)[C@]12COC(=O)C2. The Kier molecular flexibility index (Phi) is 5.28. The van der Waals surface area contributed by atoms with Gasteiger partial charge in [-0.15, -0.1) is 0 Å². The number of fused-ring (bicyclic) bond motifs is 4.